The molecule has 0 bridgehead atoms. The standard InChI is InChI=1S/C19H20F2N2O2/c20-15-3-6-18(17(21)11-15)22-19(25)12-23-9-7-14(8-10-23)13-1-4-16(24)5-2-13/h1-6,11,14,24H,7-10,12H2,(H,22,25). The van der Waals surface area contributed by atoms with Gasteiger partial charge in [0.25, 0.3) is 0 Å². The van der Waals surface area contributed by atoms with Gasteiger partial charge in [-0.1, -0.05) is 12.1 Å². The molecule has 3 rings (SSSR count). The highest BCUT2D eigenvalue weighted by atomic mass is 19.1. The van der Waals surface area contributed by atoms with Crippen LogP contribution in [0, 0.1) is 11.6 Å². The molecule has 1 heterocycles. The van der Waals surface area contributed by atoms with E-state index in [1.807, 2.05) is 17.0 Å². The number of hydrogen-bond donors (Lipinski definition) is 2. The predicted molar refractivity (Wildman–Crippen MR) is 91.5 cm³/mol. The van der Waals surface area contributed by atoms with Crippen LogP contribution < -0.4 is 5.32 Å². The molecule has 0 spiro atoms. The molecule has 4 nitrogen and oxygen atoms in total. The van der Waals surface area contributed by atoms with Crippen molar-refractivity contribution in [2.24, 2.45) is 0 Å². The minimum atomic E-state index is -0.778. The number of piperidine rings is 1. The Morgan fingerprint density at radius 3 is 2.44 bits per heavy atom. The van der Waals surface area contributed by atoms with E-state index < -0.39 is 11.6 Å². The summed E-state index contributed by atoms with van der Waals surface area (Å²) in [6.45, 7) is 1.72. The Morgan fingerprint density at radius 1 is 1.12 bits per heavy atom. The Morgan fingerprint density at radius 2 is 1.80 bits per heavy atom. The van der Waals surface area contributed by atoms with Crippen molar-refractivity contribution in [3.05, 3.63) is 59.7 Å². The molecule has 1 saturated heterocycles. The molecule has 2 aromatic rings. The van der Waals surface area contributed by atoms with Crippen molar-refractivity contribution in [3.8, 4) is 5.75 Å². The Balaban J connectivity index is 1.50. The molecule has 2 N–H and O–H groups in total. The number of phenolic OH excluding ortho intramolecular Hbond substituents is 1. The number of carbonyl (C=O) groups is 1. The van der Waals surface area contributed by atoms with Crippen molar-refractivity contribution in [2.75, 3.05) is 25.0 Å². The topological polar surface area (TPSA) is 52.6 Å². The first-order chi connectivity index (χ1) is 12.0. The molecule has 1 fully saturated rings. The van der Waals surface area contributed by atoms with Gasteiger partial charge in [-0.05, 0) is 61.7 Å². The first-order valence-corrected chi connectivity index (χ1v) is 8.27. The Labute approximate surface area is 145 Å². The van der Waals surface area contributed by atoms with Gasteiger partial charge in [-0.3, -0.25) is 9.69 Å². The van der Waals surface area contributed by atoms with Crippen LogP contribution in [-0.2, 0) is 4.79 Å². The fourth-order valence-electron chi connectivity index (χ4n) is 3.15. The number of likely N-dealkylation sites (tertiary alicyclic amines) is 1. The van der Waals surface area contributed by atoms with Gasteiger partial charge in [0, 0.05) is 6.07 Å². The van der Waals surface area contributed by atoms with Gasteiger partial charge in [-0.15, -0.1) is 0 Å². The molecule has 0 atom stereocenters. The third-order valence-corrected chi connectivity index (χ3v) is 4.52. The second kappa shape index (κ2) is 7.61. The molecule has 0 unspecified atom stereocenters. The normalized spacial score (nSPS) is 15.9. The molecular weight excluding hydrogens is 326 g/mol. The zero-order valence-corrected chi connectivity index (χ0v) is 13.7. The van der Waals surface area contributed by atoms with Crippen LogP contribution in [0.5, 0.6) is 5.75 Å². The van der Waals surface area contributed by atoms with Crippen molar-refractivity contribution in [1.82, 2.24) is 4.90 Å². The predicted octanol–water partition coefficient (Wildman–Crippen LogP) is 3.49. The number of carbonyl (C=O) groups excluding carboxylic acids is 1. The van der Waals surface area contributed by atoms with E-state index in [9.17, 15) is 18.7 Å². The number of benzene rings is 2. The van der Waals surface area contributed by atoms with Crippen molar-refractivity contribution in [1.29, 1.82) is 0 Å². The lowest BCUT2D eigenvalue weighted by molar-refractivity contribution is -0.117. The Kier molecular flexibility index (Phi) is 5.28. The average Bonchev–Trinajstić information content (AvgIpc) is 2.59. The number of nitrogens with one attached hydrogen (secondary N) is 1. The molecule has 0 radical (unpaired) electrons. The quantitative estimate of drug-likeness (QED) is 0.891. The molecule has 0 saturated carbocycles. The minimum Gasteiger partial charge on any atom is -0.508 e. The largest absolute Gasteiger partial charge is 0.508 e. The zero-order valence-electron chi connectivity index (χ0n) is 13.7. The molecular formula is C19H20F2N2O2. The van der Waals surface area contributed by atoms with Gasteiger partial charge in [0.05, 0.1) is 12.2 Å². The van der Waals surface area contributed by atoms with Gasteiger partial charge < -0.3 is 10.4 Å². The number of rotatable bonds is 4. The van der Waals surface area contributed by atoms with E-state index in [-0.39, 0.29) is 23.9 Å². The summed E-state index contributed by atoms with van der Waals surface area (Å²) in [5.74, 6) is -1.10. The molecule has 1 amide bonds. The third kappa shape index (κ3) is 4.54. The molecule has 25 heavy (non-hydrogen) atoms. The zero-order chi connectivity index (χ0) is 17.8. The summed E-state index contributed by atoms with van der Waals surface area (Å²) in [6.07, 6.45) is 1.84. The highest BCUT2D eigenvalue weighted by molar-refractivity contribution is 5.92. The number of anilines is 1. The number of phenols is 1. The maximum absolute atomic E-state index is 13.6. The molecule has 1 aliphatic rings. The van der Waals surface area contributed by atoms with E-state index in [0.717, 1.165) is 38.1 Å². The SMILES string of the molecule is O=C(CN1CCC(c2ccc(O)cc2)CC1)Nc1ccc(F)cc1F. The molecule has 2 aromatic carbocycles. The number of nitrogens with zero attached hydrogens (tertiary/aromatic N) is 1. The van der Waals surface area contributed by atoms with Crippen LogP contribution >= 0.6 is 0 Å². The van der Waals surface area contributed by atoms with Crippen molar-refractivity contribution < 1.29 is 18.7 Å². The van der Waals surface area contributed by atoms with Gasteiger partial charge in [0.1, 0.15) is 17.4 Å². The summed E-state index contributed by atoms with van der Waals surface area (Å²) >= 11 is 0. The Hall–Kier alpha value is -2.47. The molecule has 6 heteroatoms. The number of aromatic hydroxyl groups is 1. The van der Waals surface area contributed by atoms with Crippen LogP contribution in [0.25, 0.3) is 0 Å². The van der Waals surface area contributed by atoms with Crippen LogP contribution in [0.4, 0.5) is 14.5 Å². The second-order valence-corrected chi connectivity index (χ2v) is 6.31. The van der Waals surface area contributed by atoms with Gasteiger partial charge in [0.2, 0.25) is 5.91 Å². The van der Waals surface area contributed by atoms with E-state index in [2.05, 4.69) is 5.32 Å². The lowest BCUT2D eigenvalue weighted by Crippen LogP contribution is -2.38. The Bertz CT molecular complexity index is 742. The molecule has 0 aliphatic carbocycles. The van der Waals surface area contributed by atoms with Crippen LogP contribution in [-0.4, -0.2) is 35.5 Å². The second-order valence-electron chi connectivity index (χ2n) is 6.31. The third-order valence-electron chi connectivity index (χ3n) is 4.52. The lowest BCUT2D eigenvalue weighted by atomic mass is 9.89. The molecule has 132 valence electrons. The van der Waals surface area contributed by atoms with Crippen LogP contribution in [0.15, 0.2) is 42.5 Å². The smallest absolute Gasteiger partial charge is 0.238 e. The van der Waals surface area contributed by atoms with Gasteiger partial charge >= 0.3 is 0 Å². The highest BCUT2D eigenvalue weighted by Crippen LogP contribution is 2.29. The number of halogens is 2. The van der Waals surface area contributed by atoms with E-state index in [0.29, 0.717) is 5.92 Å². The van der Waals surface area contributed by atoms with Crippen LogP contribution in [0.1, 0.15) is 24.3 Å². The minimum absolute atomic E-state index is 0.00891. The fraction of sp³-hybridized carbons (Fsp3) is 0.316. The highest BCUT2D eigenvalue weighted by Gasteiger charge is 2.22. The summed E-state index contributed by atoms with van der Waals surface area (Å²) in [6, 6.07) is 10.3. The summed E-state index contributed by atoms with van der Waals surface area (Å²) in [5, 5.41) is 11.8. The van der Waals surface area contributed by atoms with E-state index >= 15 is 0 Å². The van der Waals surface area contributed by atoms with E-state index in [4.69, 9.17) is 0 Å². The van der Waals surface area contributed by atoms with Crippen LogP contribution in [0.2, 0.25) is 0 Å². The maximum atomic E-state index is 13.6. The summed E-state index contributed by atoms with van der Waals surface area (Å²) < 4.78 is 26.5. The summed E-state index contributed by atoms with van der Waals surface area (Å²) in [4.78, 5) is 14.1. The first-order valence-electron chi connectivity index (χ1n) is 8.27. The van der Waals surface area contributed by atoms with Crippen molar-refractivity contribution in [2.45, 2.75) is 18.8 Å². The van der Waals surface area contributed by atoms with E-state index in [1.54, 1.807) is 12.1 Å². The molecule has 1 aliphatic heterocycles. The van der Waals surface area contributed by atoms with Crippen molar-refractivity contribution >= 4 is 11.6 Å². The fourth-order valence-corrected chi connectivity index (χ4v) is 3.15. The maximum Gasteiger partial charge on any atom is 0.238 e. The van der Waals surface area contributed by atoms with E-state index in [1.165, 1.54) is 11.6 Å². The summed E-state index contributed by atoms with van der Waals surface area (Å²) in [7, 11) is 0. The monoisotopic (exact) mass is 346 g/mol. The number of amides is 1. The van der Waals surface area contributed by atoms with Crippen molar-refractivity contribution in [3.63, 3.8) is 0 Å². The van der Waals surface area contributed by atoms with Gasteiger partial charge in [-0.2, -0.15) is 0 Å². The van der Waals surface area contributed by atoms with Gasteiger partial charge in [0.15, 0.2) is 0 Å². The summed E-state index contributed by atoms with van der Waals surface area (Å²) in [5.41, 5.74) is 1.18. The number of hydrogen-bond acceptors (Lipinski definition) is 3. The van der Waals surface area contributed by atoms with Gasteiger partial charge in [-0.25, -0.2) is 8.78 Å². The average molecular weight is 346 g/mol. The molecule has 0 aromatic heterocycles. The van der Waals surface area contributed by atoms with Crippen LogP contribution in [0.3, 0.4) is 0 Å². The lowest BCUT2D eigenvalue weighted by Gasteiger charge is -2.31. The first kappa shape index (κ1) is 17.4.